The van der Waals surface area contributed by atoms with E-state index in [9.17, 15) is 9.59 Å². The number of para-hydroxylation sites is 2. The molecule has 2 heterocycles. The average Bonchev–Trinajstić information content (AvgIpc) is 3.56. The van der Waals surface area contributed by atoms with Crippen LogP contribution in [0.4, 0.5) is 5.69 Å². The summed E-state index contributed by atoms with van der Waals surface area (Å²) in [5.41, 5.74) is 5.73. The van der Waals surface area contributed by atoms with Gasteiger partial charge in [0.2, 0.25) is 5.91 Å². The van der Waals surface area contributed by atoms with Gasteiger partial charge < -0.3 is 15.0 Å². The van der Waals surface area contributed by atoms with Gasteiger partial charge in [-0.25, -0.2) is 0 Å². The number of rotatable bonds is 8. The Morgan fingerprint density at radius 2 is 1.74 bits per heavy atom. The van der Waals surface area contributed by atoms with E-state index in [1.165, 1.54) is 24.4 Å². The van der Waals surface area contributed by atoms with Gasteiger partial charge in [-0.1, -0.05) is 54.2 Å². The molecule has 2 amide bonds. The van der Waals surface area contributed by atoms with E-state index in [1.54, 1.807) is 18.2 Å². The van der Waals surface area contributed by atoms with E-state index >= 15 is 0 Å². The molecule has 194 valence electrons. The fourth-order valence-corrected chi connectivity index (χ4v) is 5.46. The number of carbonyl (C=O) groups is 2. The average molecular weight is 528 g/mol. The molecule has 4 aromatic rings. The maximum atomic E-state index is 13.2. The second-order valence-corrected chi connectivity index (χ2v) is 9.99. The lowest BCUT2D eigenvalue weighted by atomic mass is 10.1. The van der Waals surface area contributed by atoms with Crippen molar-refractivity contribution >= 4 is 29.3 Å². The van der Waals surface area contributed by atoms with Crippen molar-refractivity contribution in [3.63, 3.8) is 0 Å². The Balaban J connectivity index is 1.39. The number of hydrogen-bond donors (Lipinski definition) is 1. The van der Waals surface area contributed by atoms with Crippen LogP contribution >= 0.6 is 11.8 Å². The first-order valence-corrected chi connectivity index (χ1v) is 13.4. The van der Waals surface area contributed by atoms with Crippen LogP contribution in [0, 0.1) is 13.8 Å². The van der Waals surface area contributed by atoms with Crippen LogP contribution in [0.2, 0.25) is 0 Å². The topological polar surface area (TPSA) is 89.3 Å². The molecule has 8 nitrogen and oxygen atoms in total. The summed E-state index contributed by atoms with van der Waals surface area (Å²) in [6.45, 7) is 4.93. The van der Waals surface area contributed by atoms with Crippen molar-refractivity contribution in [2.45, 2.75) is 32.0 Å². The molecule has 38 heavy (non-hydrogen) atoms. The van der Waals surface area contributed by atoms with E-state index in [2.05, 4.69) is 21.6 Å². The molecule has 0 spiro atoms. The number of fused-ring (bicyclic) bond motifs is 1. The van der Waals surface area contributed by atoms with E-state index in [4.69, 9.17) is 4.74 Å². The van der Waals surface area contributed by atoms with Crippen molar-refractivity contribution in [1.29, 1.82) is 0 Å². The van der Waals surface area contributed by atoms with Crippen LogP contribution in [0.5, 0.6) is 5.75 Å². The molecule has 1 aliphatic heterocycles. The summed E-state index contributed by atoms with van der Waals surface area (Å²) in [6.07, 6.45) is 0.862. The molecule has 0 atom stereocenters. The molecule has 1 aromatic heterocycles. The second-order valence-electron chi connectivity index (χ2n) is 9.05. The minimum atomic E-state index is -0.268. The van der Waals surface area contributed by atoms with E-state index in [0.717, 1.165) is 28.9 Å². The summed E-state index contributed by atoms with van der Waals surface area (Å²) in [6, 6.07) is 21.1. The number of amides is 2. The SMILES string of the molecule is COc1ccccc1C(=O)NCc1nnc(SCC(=O)N2CCc3ccccc32)n1-c1cccc(C)c1C. The van der Waals surface area contributed by atoms with Crippen LogP contribution < -0.4 is 15.0 Å². The Labute approximate surface area is 226 Å². The first-order chi connectivity index (χ1) is 18.5. The van der Waals surface area contributed by atoms with Gasteiger partial charge in [-0.3, -0.25) is 14.2 Å². The Kier molecular flexibility index (Phi) is 7.46. The lowest BCUT2D eigenvalue weighted by molar-refractivity contribution is -0.116. The minimum Gasteiger partial charge on any atom is -0.496 e. The second kappa shape index (κ2) is 11.1. The standard InChI is InChI=1S/C29H29N5O3S/c1-19-9-8-13-23(20(19)2)34-26(17-30-28(36)22-11-5-7-14-25(22)37-3)31-32-29(34)38-18-27(35)33-16-15-21-10-4-6-12-24(21)33/h4-14H,15-18H2,1-3H3,(H,30,36). The zero-order valence-corrected chi connectivity index (χ0v) is 22.4. The van der Waals surface area contributed by atoms with Gasteiger partial charge in [0.1, 0.15) is 5.75 Å². The van der Waals surface area contributed by atoms with Gasteiger partial charge in [-0.05, 0) is 61.2 Å². The third-order valence-corrected chi connectivity index (χ3v) is 7.70. The highest BCUT2D eigenvalue weighted by Gasteiger charge is 2.25. The van der Waals surface area contributed by atoms with Crippen LogP contribution in [-0.2, 0) is 17.8 Å². The van der Waals surface area contributed by atoms with Crippen LogP contribution in [0.25, 0.3) is 5.69 Å². The summed E-state index contributed by atoms with van der Waals surface area (Å²) >= 11 is 1.35. The van der Waals surface area contributed by atoms with Crippen molar-refractivity contribution in [2.24, 2.45) is 0 Å². The zero-order chi connectivity index (χ0) is 26.6. The van der Waals surface area contributed by atoms with E-state index in [0.29, 0.717) is 28.8 Å². The molecular weight excluding hydrogens is 498 g/mol. The molecule has 1 aliphatic rings. The Morgan fingerprint density at radius 3 is 2.58 bits per heavy atom. The monoisotopic (exact) mass is 527 g/mol. The van der Waals surface area contributed by atoms with Gasteiger partial charge in [0.05, 0.1) is 30.7 Å². The number of thioether (sulfide) groups is 1. The van der Waals surface area contributed by atoms with Crippen molar-refractivity contribution in [3.8, 4) is 11.4 Å². The fraction of sp³-hybridized carbons (Fsp3) is 0.241. The Morgan fingerprint density at radius 1 is 0.974 bits per heavy atom. The van der Waals surface area contributed by atoms with Crippen molar-refractivity contribution in [1.82, 2.24) is 20.1 Å². The third-order valence-electron chi connectivity index (χ3n) is 6.79. The lowest BCUT2D eigenvalue weighted by Gasteiger charge is -2.18. The van der Waals surface area contributed by atoms with Gasteiger partial charge in [0.25, 0.3) is 5.91 Å². The van der Waals surface area contributed by atoms with Gasteiger partial charge in [-0.15, -0.1) is 10.2 Å². The number of carbonyl (C=O) groups excluding carboxylic acids is 2. The van der Waals surface area contributed by atoms with Crippen LogP contribution in [0.3, 0.4) is 0 Å². The first-order valence-electron chi connectivity index (χ1n) is 12.4. The number of aromatic nitrogens is 3. The number of aryl methyl sites for hydroxylation is 1. The van der Waals surface area contributed by atoms with Crippen molar-refractivity contribution in [3.05, 3.63) is 94.8 Å². The largest absolute Gasteiger partial charge is 0.496 e. The number of ether oxygens (including phenoxy) is 1. The predicted octanol–water partition coefficient (Wildman–Crippen LogP) is 4.50. The normalized spacial score (nSPS) is 12.3. The molecule has 5 rings (SSSR count). The Hall–Kier alpha value is -4.11. The van der Waals surface area contributed by atoms with Gasteiger partial charge in [0.15, 0.2) is 11.0 Å². The molecule has 0 radical (unpaired) electrons. The van der Waals surface area contributed by atoms with Crippen LogP contribution in [0.15, 0.2) is 71.9 Å². The molecule has 0 unspecified atom stereocenters. The zero-order valence-electron chi connectivity index (χ0n) is 21.6. The van der Waals surface area contributed by atoms with E-state index < -0.39 is 0 Å². The van der Waals surface area contributed by atoms with Crippen LogP contribution in [-0.4, -0.2) is 46.0 Å². The van der Waals surface area contributed by atoms with E-state index in [-0.39, 0.29) is 24.1 Å². The van der Waals surface area contributed by atoms with Crippen molar-refractivity contribution in [2.75, 3.05) is 24.3 Å². The van der Waals surface area contributed by atoms with Gasteiger partial charge >= 0.3 is 0 Å². The first kappa shape index (κ1) is 25.5. The highest BCUT2D eigenvalue weighted by atomic mass is 32.2. The summed E-state index contributed by atoms with van der Waals surface area (Å²) in [5, 5.41) is 12.4. The van der Waals surface area contributed by atoms with Gasteiger partial charge in [-0.2, -0.15) is 0 Å². The quantitative estimate of drug-likeness (QED) is 0.339. The van der Waals surface area contributed by atoms with Gasteiger partial charge in [0, 0.05) is 12.2 Å². The van der Waals surface area contributed by atoms with Crippen LogP contribution in [0.1, 0.15) is 32.9 Å². The predicted molar refractivity (Wildman–Crippen MR) is 148 cm³/mol. The molecule has 0 saturated carbocycles. The highest BCUT2D eigenvalue weighted by Crippen LogP contribution is 2.30. The fourth-order valence-electron chi connectivity index (χ4n) is 4.62. The smallest absolute Gasteiger partial charge is 0.255 e. The highest BCUT2D eigenvalue weighted by molar-refractivity contribution is 7.99. The summed E-state index contributed by atoms with van der Waals surface area (Å²) in [5.74, 6) is 1.06. The summed E-state index contributed by atoms with van der Waals surface area (Å²) in [7, 11) is 1.54. The number of anilines is 1. The maximum Gasteiger partial charge on any atom is 0.255 e. The minimum absolute atomic E-state index is 0.0292. The molecule has 0 fully saturated rings. The molecule has 0 bridgehead atoms. The van der Waals surface area contributed by atoms with E-state index in [1.807, 2.05) is 65.8 Å². The summed E-state index contributed by atoms with van der Waals surface area (Å²) < 4.78 is 7.26. The number of nitrogens with zero attached hydrogens (tertiary/aromatic N) is 4. The molecule has 3 aromatic carbocycles. The molecule has 0 saturated heterocycles. The molecule has 0 aliphatic carbocycles. The number of hydrogen-bond acceptors (Lipinski definition) is 6. The third kappa shape index (κ3) is 5.02. The number of nitrogens with one attached hydrogen (secondary N) is 1. The summed E-state index contributed by atoms with van der Waals surface area (Å²) in [4.78, 5) is 27.9. The molecule has 9 heteroatoms. The van der Waals surface area contributed by atoms with Crippen molar-refractivity contribution < 1.29 is 14.3 Å². The number of methoxy groups -OCH3 is 1. The lowest BCUT2D eigenvalue weighted by Crippen LogP contribution is -2.30. The maximum absolute atomic E-state index is 13.2. The molecular formula is C29H29N5O3S. The number of benzene rings is 3. The Bertz CT molecular complexity index is 1500. The molecule has 1 N–H and O–H groups in total.